The van der Waals surface area contributed by atoms with E-state index in [2.05, 4.69) is 5.32 Å². The van der Waals surface area contributed by atoms with Crippen LogP contribution in [0.2, 0.25) is 0 Å². The average Bonchev–Trinajstić information content (AvgIpc) is 2.62. The quantitative estimate of drug-likeness (QED) is 0.542. The molecule has 1 amide bonds. The third-order valence-corrected chi connectivity index (χ3v) is 5.58. The van der Waals surface area contributed by atoms with Crippen molar-refractivity contribution in [3.8, 4) is 5.75 Å². The van der Waals surface area contributed by atoms with Crippen LogP contribution in [0.5, 0.6) is 5.75 Å². The fourth-order valence-corrected chi connectivity index (χ4v) is 4.02. The third kappa shape index (κ3) is 5.02. The number of non-ortho nitro benzene ring substituents is 1. The first-order valence-electron chi connectivity index (χ1n) is 8.65. The molecule has 0 aliphatic heterocycles. The third-order valence-electron chi connectivity index (χ3n) is 4.35. The van der Waals surface area contributed by atoms with E-state index in [0.29, 0.717) is 11.3 Å². The summed E-state index contributed by atoms with van der Waals surface area (Å²) in [4.78, 5) is 23.3. The molecule has 2 aromatic rings. The van der Waals surface area contributed by atoms with E-state index in [-0.39, 0.29) is 17.1 Å². The number of hydrogen-bond acceptors (Lipinski definition) is 6. The smallest absolute Gasteiger partial charge is 0.271 e. The molecule has 10 heteroatoms. The van der Waals surface area contributed by atoms with Crippen LogP contribution in [0.4, 0.5) is 17.1 Å². The largest absolute Gasteiger partial charge is 0.495 e. The number of amides is 1. The average molecular weight is 421 g/mol. The van der Waals surface area contributed by atoms with E-state index in [1.165, 1.54) is 32.2 Å². The van der Waals surface area contributed by atoms with Crippen LogP contribution in [-0.4, -0.2) is 38.7 Å². The lowest BCUT2D eigenvalue weighted by molar-refractivity contribution is -0.384. The number of sulfonamides is 1. The van der Waals surface area contributed by atoms with Crippen molar-refractivity contribution in [2.45, 2.75) is 26.8 Å². The monoisotopic (exact) mass is 421 g/mol. The molecule has 2 rings (SSSR count). The summed E-state index contributed by atoms with van der Waals surface area (Å²) in [5, 5.41) is 13.6. The zero-order chi connectivity index (χ0) is 21.9. The number of aryl methyl sites for hydroxylation is 2. The van der Waals surface area contributed by atoms with E-state index >= 15 is 0 Å². The standard InChI is InChI=1S/C19H23N3O6S/c1-12-6-9-18(28-4)17(10-12)21(29(5,26)27)14(3)19(23)20-16-11-15(22(24)25)8-7-13(16)2/h6-11,14H,1-5H3,(H,20,23)/t14-/m1/s1. The molecule has 0 aromatic heterocycles. The van der Waals surface area contributed by atoms with Gasteiger partial charge in [-0.25, -0.2) is 8.42 Å². The molecule has 0 saturated carbocycles. The first-order valence-corrected chi connectivity index (χ1v) is 10.5. The fourth-order valence-electron chi connectivity index (χ4n) is 2.85. The summed E-state index contributed by atoms with van der Waals surface area (Å²) in [7, 11) is -2.44. The second kappa shape index (κ2) is 8.48. The van der Waals surface area contributed by atoms with Gasteiger partial charge in [0.15, 0.2) is 0 Å². The van der Waals surface area contributed by atoms with Gasteiger partial charge >= 0.3 is 0 Å². The van der Waals surface area contributed by atoms with Gasteiger partial charge in [0.25, 0.3) is 5.69 Å². The van der Waals surface area contributed by atoms with E-state index in [1.54, 1.807) is 32.0 Å². The number of hydrogen-bond donors (Lipinski definition) is 1. The van der Waals surface area contributed by atoms with Gasteiger partial charge in [-0.3, -0.25) is 19.2 Å². The first-order chi connectivity index (χ1) is 13.5. The molecule has 9 nitrogen and oxygen atoms in total. The Labute approximate surface area is 169 Å². The highest BCUT2D eigenvalue weighted by Gasteiger charge is 2.31. The van der Waals surface area contributed by atoms with Gasteiger partial charge in [-0.05, 0) is 44.0 Å². The number of nitrogens with one attached hydrogen (secondary N) is 1. The molecule has 0 unspecified atom stereocenters. The Morgan fingerprint density at radius 2 is 1.86 bits per heavy atom. The molecule has 0 aliphatic carbocycles. The van der Waals surface area contributed by atoms with Crippen molar-refractivity contribution in [2.24, 2.45) is 0 Å². The summed E-state index contributed by atoms with van der Waals surface area (Å²) in [6.45, 7) is 4.91. The summed E-state index contributed by atoms with van der Waals surface area (Å²) in [5.41, 5.74) is 1.68. The SMILES string of the molecule is COc1ccc(C)cc1N([C@H](C)C(=O)Nc1cc([N+](=O)[O-])ccc1C)S(C)(=O)=O. The Kier molecular flexibility index (Phi) is 6.48. The molecule has 0 bridgehead atoms. The van der Waals surface area contributed by atoms with E-state index in [4.69, 9.17) is 4.74 Å². The van der Waals surface area contributed by atoms with Crippen LogP contribution in [0, 0.1) is 24.0 Å². The van der Waals surface area contributed by atoms with Gasteiger partial charge < -0.3 is 10.1 Å². The minimum Gasteiger partial charge on any atom is -0.495 e. The predicted octanol–water partition coefficient (Wildman–Crippen LogP) is 3.01. The highest BCUT2D eigenvalue weighted by atomic mass is 32.2. The van der Waals surface area contributed by atoms with Gasteiger partial charge in [0, 0.05) is 12.1 Å². The van der Waals surface area contributed by atoms with Crippen molar-refractivity contribution >= 4 is 33.0 Å². The molecule has 1 N–H and O–H groups in total. The van der Waals surface area contributed by atoms with E-state index in [0.717, 1.165) is 16.1 Å². The number of carbonyl (C=O) groups is 1. The second-order valence-electron chi connectivity index (χ2n) is 6.66. The van der Waals surface area contributed by atoms with Crippen LogP contribution in [0.3, 0.4) is 0 Å². The van der Waals surface area contributed by atoms with Crippen LogP contribution in [0.25, 0.3) is 0 Å². The molecule has 156 valence electrons. The maximum atomic E-state index is 12.9. The van der Waals surface area contributed by atoms with Crippen LogP contribution < -0.4 is 14.4 Å². The Balaban J connectivity index is 2.45. The Morgan fingerprint density at radius 3 is 2.41 bits per heavy atom. The van der Waals surface area contributed by atoms with Crippen LogP contribution in [0.1, 0.15) is 18.1 Å². The van der Waals surface area contributed by atoms with Crippen LogP contribution in [-0.2, 0) is 14.8 Å². The van der Waals surface area contributed by atoms with Crippen LogP contribution >= 0.6 is 0 Å². The highest BCUT2D eigenvalue weighted by Crippen LogP contribution is 2.33. The molecular formula is C19H23N3O6S. The zero-order valence-electron chi connectivity index (χ0n) is 16.8. The Bertz CT molecular complexity index is 1050. The zero-order valence-corrected chi connectivity index (χ0v) is 17.6. The van der Waals surface area contributed by atoms with E-state index in [1.807, 2.05) is 0 Å². The molecule has 0 radical (unpaired) electrons. The summed E-state index contributed by atoms with van der Waals surface area (Å²) in [6, 6.07) is 7.93. The van der Waals surface area contributed by atoms with Crippen molar-refractivity contribution in [3.63, 3.8) is 0 Å². The minimum absolute atomic E-state index is 0.182. The number of anilines is 2. The lowest BCUT2D eigenvalue weighted by atomic mass is 10.1. The summed E-state index contributed by atoms with van der Waals surface area (Å²) < 4.78 is 31.3. The van der Waals surface area contributed by atoms with Crippen molar-refractivity contribution < 1.29 is 22.9 Å². The lowest BCUT2D eigenvalue weighted by Crippen LogP contribution is -2.45. The molecular weight excluding hydrogens is 398 g/mol. The summed E-state index contributed by atoms with van der Waals surface area (Å²) >= 11 is 0. The molecule has 2 aromatic carbocycles. The van der Waals surface area contributed by atoms with E-state index in [9.17, 15) is 23.3 Å². The first kappa shape index (κ1) is 22.2. The highest BCUT2D eigenvalue weighted by molar-refractivity contribution is 7.92. The number of nitrogens with zero attached hydrogens (tertiary/aromatic N) is 2. The Morgan fingerprint density at radius 1 is 1.21 bits per heavy atom. The number of ether oxygens (including phenoxy) is 1. The lowest BCUT2D eigenvalue weighted by Gasteiger charge is -2.29. The van der Waals surface area contributed by atoms with Crippen molar-refractivity contribution in [3.05, 3.63) is 57.6 Å². The van der Waals surface area contributed by atoms with Gasteiger partial charge in [0.05, 0.1) is 29.7 Å². The van der Waals surface area contributed by atoms with Gasteiger partial charge in [-0.1, -0.05) is 12.1 Å². The molecule has 0 aliphatic rings. The molecule has 0 spiro atoms. The maximum absolute atomic E-state index is 12.9. The number of carbonyl (C=O) groups excluding carboxylic acids is 1. The maximum Gasteiger partial charge on any atom is 0.271 e. The van der Waals surface area contributed by atoms with E-state index < -0.39 is 26.9 Å². The number of benzene rings is 2. The summed E-state index contributed by atoms with van der Waals surface area (Å²) in [5.74, 6) is -0.338. The predicted molar refractivity (Wildman–Crippen MR) is 111 cm³/mol. The van der Waals surface area contributed by atoms with Crippen molar-refractivity contribution in [1.29, 1.82) is 0 Å². The normalized spacial score (nSPS) is 12.2. The van der Waals surface area contributed by atoms with Gasteiger partial charge in [-0.15, -0.1) is 0 Å². The fraction of sp³-hybridized carbons (Fsp3) is 0.316. The number of nitro groups is 1. The second-order valence-corrected chi connectivity index (χ2v) is 8.52. The van der Waals surface area contributed by atoms with Gasteiger partial charge in [0.1, 0.15) is 11.8 Å². The molecule has 0 heterocycles. The van der Waals surface area contributed by atoms with Gasteiger partial charge in [0.2, 0.25) is 15.9 Å². The molecule has 1 atom stereocenters. The van der Waals surface area contributed by atoms with Gasteiger partial charge in [-0.2, -0.15) is 0 Å². The molecule has 29 heavy (non-hydrogen) atoms. The van der Waals surface area contributed by atoms with Crippen molar-refractivity contribution in [1.82, 2.24) is 0 Å². The number of nitro benzene ring substituents is 1. The Hall–Kier alpha value is -3.14. The number of methoxy groups -OCH3 is 1. The van der Waals surface area contributed by atoms with Crippen molar-refractivity contribution in [2.75, 3.05) is 23.0 Å². The summed E-state index contributed by atoms with van der Waals surface area (Å²) in [6.07, 6.45) is 0.997. The number of rotatable bonds is 7. The van der Waals surface area contributed by atoms with Crippen LogP contribution in [0.15, 0.2) is 36.4 Å². The minimum atomic E-state index is -3.85. The topological polar surface area (TPSA) is 119 Å². The molecule has 0 saturated heterocycles. The molecule has 0 fully saturated rings.